The average Bonchev–Trinajstić information content (AvgIpc) is 2.95. The number of pyridine rings is 1. The van der Waals surface area contributed by atoms with Crippen molar-refractivity contribution < 1.29 is 4.74 Å². The van der Waals surface area contributed by atoms with Crippen LogP contribution in [-0.4, -0.2) is 28.4 Å². The van der Waals surface area contributed by atoms with Gasteiger partial charge in [0.2, 0.25) is 0 Å². The molecule has 2 atom stereocenters. The molecule has 3 nitrogen and oxygen atoms in total. The number of alkyl halides is 1. The maximum Gasteiger partial charge on any atom is 0.134 e. The normalized spacial score (nSPS) is 22.8. The molecular formula is C19H21ClN2OS. The largest absolute Gasteiger partial charge is 0.361 e. The summed E-state index contributed by atoms with van der Waals surface area (Å²) in [5, 5.41) is 5.33. The molecular weight excluding hydrogens is 340 g/mol. The van der Waals surface area contributed by atoms with Gasteiger partial charge in [-0.2, -0.15) is 0 Å². The fourth-order valence-electron chi connectivity index (χ4n) is 2.53. The minimum atomic E-state index is -0.349. The summed E-state index contributed by atoms with van der Waals surface area (Å²) in [7, 11) is 0. The number of aromatic nitrogens is 1. The van der Waals surface area contributed by atoms with E-state index in [9.17, 15) is 0 Å². The van der Waals surface area contributed by atoms with Crippen molar-refractivity contribution in [2.24, 2.45) is 0 Å². The summed E-state index contributed by atoms with van der Waals surface area (Å²) in [4.78, 5) is 3.99. The molecule has 1 aliphatic rings. The van der Waals surface area contributed by atoms with Gasteiger partial charge in [0, 0.05) is 31.0 Å². The third-order valence-electron chi connectivity index (χ3n) is 3.95. The zero-order valence-corrected chi connectivity index (χ0v) is 15.2. The molecule has 24 heavy (non-hydrogen) atoms. The van der Waals surface area contributed by atoms with Crippen molar-refractivity contribution in [2.45, 2.75) is 23.8 Å². The average molecular weight is 361 g/mol. The maximum atomic E-state index is 6.24. The first kappa shape index (κ1) is 17.5. The first-order valence-corrected chi connectivity index (χ1v) is 9.31. The lowest BCUT2D eigenvalue weighted by Crippen LogP contribution is -2.34. The zero-order chi connectivity index (χ0) is 16.8. The Morgan fingerprint density at radius 3 is 2.83 bits per heavy atom. The van der Waals surface area contributed by atoms with E-state index in [0.717, 1.165) is 24.2 Å². The Hall–Kier alpha value is -1.33. The van der Waals surface area contributed by atoms with Gasteiger partial charge in [0.15, 0.2) is 0 Å². The van der Waals surface area contributed by atoms with E-state index in [4.69, 9.17) is 16.3 Å². The third kappa shape index (κ3) is 4.39. The molecule has 0 amide bonds. The second-order valence-electron chi connectivity index (χ2n) is 5.84. The molecule has 2 unspecified atom stereocenters. The van der Waals surface area contributed by atoms with Gasteiger partial charge in [0.25, 0.3) is 0 Å². The van der Waals surface area contributed by atoms with Gasteiger partial charge in [-0.3, -0.25) is 4.98 Å². The van der Waals surface area contributed by atoms with Gasteiger partial charge in [-0.1, -0.05) is 48.2 Å². The van der Waals surface area contributed by atoms with Gasteiger partial charge in [-0.05, 0) is 29.5 Å². The van der Waals surface area contributed by atoms with Crippen LogP contribution in [0.2, 0.25) is 0 Å². The second-order valence-corrected chi connectivity index (χ2v) is 7.63. The van der Waals surface area contributed by atoms with Crippen LogP contribution >= 0.6 is 23.4 Å². The summed E-state index contributed by atoms with van der Waals surface area (Å²) in [6.07, 6.45) is 5.77. The highest BCUT2D eigenvalue weighted by Crippen LogP contribution is 2.40. The molecule has 0 saturated heterocycles. The van der Waals surface area contributed by atoms with Crippen molar-refractivity contribution in [3.05, 3.63) is 65.8 Å². The SMILES string of the molecule is CC1(OCCNCc2cncc(-c3ccccc3)c2)SC=CC1Cl. The van der Waals surface area contributed by atoms with Gasteiger partial charge in [0.1, 0.15) is 4.93 Å². The Labute approximate surface area is 152 Å². The number of nitrogens with one attached hydrogen (secondary N) is 1. The summed E-state index contributed by atoms with van der Waals surface area (Å²) in [5.74, 6) is 0. The van der Waals surface area contributed by atoms with Crippen molar-refractivity contribution >= 4 is 23.4 Å². The first-order valence-electron chi connectivity index (χ1n) is 8.00. The molecule has 0 saturated carbocycles. The van der Waals surface area contributed by atoms with Crippen LogP contribution < -0.4 is 5.32 Å². The second kappa shape index (κ2) is 8.17. The van der Waals surface area contributed by atoms with Crippen LogP contribution in [0.25, 0.3) is 11.1 Å². The van der Waals surface area contributed by atoms with E-state index in [2.05, 4.69) is 28.5 Å². The minimum Gasteiger partial charge on any atom is -0.361 e. The molecule has 1 aromatic heterocycles. The van der Waals surface area contributed by atoms with Crippen LogP contribution in [0.1, 0.15) is 12.5 Å². The van der Waals surface area contributed by atoms with E-state index in [0.29, 0.717) is 6.61 Å². The summed E-state index contributed by atoms with van der Waals surface area (Å²) in [6.45, 7) is 4.20. The van der Waals surface area contributed by atoms with Crippen molar-refractivity contribution in [3.63, 3.8) is 0 Å². The fourth-order valence-corrected chi connectivity index (χ4v) is 3.77. The number of hydrogen-bond acceptors (Lipinski definition) is 4. The van der Waals surface area contributed by atoms with Crippen LogP contribution in [0.4, 0.5) is 0 Å². The summed E-state index contributed by atoms with van der Waals surface area (Å²) in [5.41, 5.74) is 3.48. The molecule has 0 aliphatic carbocycles. The quantitative estimate of drug-likeness (QED) is 0.584. The van der Waals surface area contributed by atoms with E-state index in [1.165, 1.54) is 5.56 Å². The topological polar surface area (TPSA) is 34.1 Å². The highest BCUT2D eigenvalue weighted by atomic mass is 35.5. The van der Waals surface area contributed by atoms with Crippen LogP contribution in [-0.2, 0) is 11.3 Å². The van der Waals surface area contributed by atoms with Crippen LogP contribution in [0.5, 0.6) is 0 Å². The molecule has 5 heteroatoms. The minimum absolute atomic E-state index is 0.0748. The smallest absolute Gasteiger partial charge is 0.134 e. The van der Waals surface area contributed by atoms with Crippen LogP contribution in [0, 0.1) is 0 Å². The maximum absolute atomic E-state index is 6.24. The Morgan fingerprint density at radius 2 is 2.08 bits per heavy atom. The number of thioether (sulfide) groups is 1. The number of benzene rings is 1. The fraction of sp³-hybridized carbons (Fsp3) is 0.316. The number of hydrogen-bond donors (Lipinski definition) is 1. The highest BCUT2D eigenvalue weighted by molar-refractivity contribution is 8.03. The standard InChI is InChI=1S/C19H21ClN2OS/c1-19(18(20)7-10-24-19)23-9-8-21-12-15-11-17(14-22-13-15)16-5-3-2-4-6-16/h2-7,10-11,13-14,18,21H,8-9,12H2,1H3. The molecule has 126 valence electrons. The Balaban J connectivity index is 1.46. The van der Waals surface area contributed by atoms with E-state index < -0.39 is 0 Å². The number of ether oxygens (including phenoxy) is 1. The van der Waals surface area contributed by atoms with Crippen LogP contribution in [0.15, 0.2) is 60.3 Å². The van der Waals surface area contributed by atoms with Gasteiger partial charge >= 0.3 is 0 Å². The zero-order valence-electron chi connectivity index (χ0n) is 13.6. The highest BCUT2D eigenvalue weighted by Gasteiger charge is 2.35. The molecule has 2 aromatic rings. The molecule has 0 fully saturated rings. The van der Waals surface area contributed by atoms with Gasteiger partial charge in [-0.25, -0.2) is 0 Å². The summed E-state index contributed by atoms with van der Waals surface area (Å²) in [6, 6.07) is 12.5. The van der Waals surface area contributed by atoms with Gasteiger partial charge in [-0.15, -0.1) is 11.6 Å². The number of nitrogens with zero attached hydrogens (tertiary/aromatic N) is 1. The number of rotatable bonds is 7. The van der Waals surface area contributed by atoms with Crippen LogP contribution in [0.3, 0.4) is 0 Å². The summed E-state index contributed by atoms with van der Waals surface area (Å²) < 4.78 is 5.92. The van der Waals surface area contributed by atoms with Gasteiger partial charge < -0.3 is 10.1 Å². The molecule has 3 rings (SSSR count). The van der Waals surface area contributed by atoms with Crippen molar-refractivity contribution in [1.29, 1.82) is 0 Å². The van der Waals surface area contributed by atoms with E-state index in [1.807, 2.05) is 49.0 Å². The molecule has 1 aliphatic heterocycles. The summed E-state index contributed by atoms with van der Waals surface area (Å²) >= 11 is 7.88. The molecule has 0 spiro atoms. The molecule has 0 radical (unpaired) electrons. The first-order chi connectivity index (χ1) is 11.7. The monoisotopic (exact) mass is 360 g/mol. The van der Waals surface area contributed by atoms with E-state index >= 15 is 0 Å². The predicted octanol–water partition coefficient (Wildman–Crippen LogP) is 4.44. The Kier molecular flexibility index (Phi) is 5.95. The lowest BCUT2D eigenvalue weighted by atomic mass is 10.1. The Morgan fingerprint density at radius 1 is 1.25 bits per heavy atom. The van der Waals surface area contributed by atoms with E-state index in [1.54, 1.807) is 11.8 Å². The predicted molar refractivity (Wildman–Crippen MR) is 102 cm³/mol. The number of halogens is 1. The lowest BCUT2D eigenvalue weighted by Gasteiger charge is -2.27. The van der Waals surface area contributed by atoms with Crippen molar-refractivity contribution in [2.75, 3.05) is 13.2 Å². The van der Waals surface area contributed by atoms with Crippen molar-refractivity contribution in [3.8, 4) is 11.1 Å². The lowest BCUT2D eigenvalue weighted by molar-refractivity contribution is 0.0475. The molecule has 1 aromatic carbocycles. The van der Waals surface area contributed by atoms with Gasteiger partial charge in [0.05, 0.1) is 12.0 Å². The third-order valence-corrected chi connectivity index (χ3v) is 5.77. The van der Waals surface area contributed by atoms with Crippen molar-refractivity contribution in [1.82, 2.24) is 10.3 Å². The Bertz CT molecular complexity index is 695. The molecule has 1 N–H and O–H groups in total. The molecule has 2 heterocycles. The molecule has 0 bridgehead atoms. The van der Waals surface area contributed by atoms with E-state index in [-0.39, 0.29) is 10.3 Å².